The Bertz CT molecular complexity index is 372. The number of carboxylic acid groups (broad SMARTS) is 1. The van der Waals surface area contributed by atoms with E-state index in [2.05, 4.69) is 4.98 Å². The molecule has 1 N–H and O–H groups in total. The van der Waals surface area contributed by atoms with Gasteiger partial charge in [-0.15, -0.1) is 0 Å². The number of carbonyl (C=O) groups excluding carboxylic acids is 1. The molecule has 0 saturated carbocycles. The molecule has 0 saturated heterocycles. The summed E-state index contributed by atoms with van der Waals surface area (Å²) in [6.45, 7) is 1.80. The molecule has 0 aliphatic carbocycles. The highest BCUT2D eigenvalue weighted by atomic mass is 16.4. The van der Waals surface area contributed by atoms with Crippen molar-refractivity contribution in [2.24, 2.45) is 7.05 Å². The quantitative estimate of drug-likeness (QED) is 0.758. The molecule has 0 aliphatic rings. The fraction of sp³-hybridized carbons (Fsp3) is 0.444. The van der Waals surface area contributed by atoms with E-state index in [1.165, 1.54) is 17.4 Å². The van der Waals surface area contributed by atoms with Crippen LogP contribution < -0.4 is 0 Å². The number of aryl methyl sites for hydroxylation is 1. The molecule has 0 fully saturated rings. The zero-order valence-electron chi connectivity index (χ0n) is 8.67. The van der Waals surface area contributed by atoms with E-state index in [1.54, 1.807) is 18.5 Å². The van der Waals surface area contributed by atoms with Crippen molar-refractivity contribution in [3.8, 4) is 0 Å². The average molecular weight is 211 g/mol. The summed E-state index contributed by atoms with van der Waals surface area (Å²) in [4.78, 5) is 27.4. The number of imidazole rings is 1. The molecular formula is C9H13N3O3. The molecule has 6 heteroatoms. The summed E-state index contributed by atoms with van der Waals surface area (Å²) >= 11 is 0. The van der Waals surface area contributed by atoms with Gasteiger partial charge in [0.25, 0.3) is 5.91 Å². The Labute approximate surface area is 87.1 Å². The number of carboxylic acids is 1. The van der Waals surface area contributed by atoms with Crippen molar-refractivity contribution in [2.45, 2.75) is 6.92 Å². The van der Waals surface area contributed by atoms with Crippen molar-refractivity contribution in [3.63, 3.8) is 0 Å². The van der Waals surface area contributed by atoms with Gasteiger partial charge in [0.2, 0.25) is 0 Å². The summed E-state index contributed by atoms with van der Waals surface area (Å²) in [7, 11) is 1.69. The summed E-state index contributed by atoms with van der Waals surface area (Å²) in [5.74, 6) is -1.34. The standard InChI is InChI=1S/C9H13N3O3/c1-3-12(5-8(13)14)9(15)7-4-10-6-11(7)2/h4,6H,3,5H2,1-2H3,(H,13,14). The number of hydrogen-bond acceptors (Lipinski definition) is 3. The fourth-order valence-corrected chi connectivity index (χ4v) is 1.22. The topological polar surface area (TPSA) is 75.4 Å². The molecule has 0 radical (unpaired) electrons. The lowest BCUT2D eigenvalue weighted by Crippen LogP contribution is -2.36. The van der Waals surface area contributed by atoms with E-state index in [0.29, 0.717) is 12.2 Å². The maximum absolute atomic E-state index is 11.8. The molecule has 0 aliphatic heterocycles. The zero-order valence-corrected chi connectivity index (χ0v) is 8.67. The van der Waals surface area contributed by atoms with Gasteiger partial charge in [-0.2, -0.15) is 0 Å². The molecule has 1 amide bonds. The molecule has 0 bridgehead atoms. The molecule has 0 atom stereocenters. The molecule has 0 spiro atoms. The minimum atomic E-state index is -1.02. The maximum atomic E-state index is 11.8. The van der Waals surface area contributed by atoms with Crippen LogP contribution in [0.5, 0.6) is 0 Å². The van der Waals surface area contributed by atoms with E-state index >= 15 is 0 Å². The van der Waals surface area contributed by atoms with Gasteiger partial charge < -0.3 is 14.6 Å². The van der Waals surface area contributed by atoms with Gasteiger partial charge in [-0.25, -0.2) is 4.98 Å². The van der Waals surface area contributed by atoms with E-state index in [0.717, 1.165) is 0 Å². The second-order valence-corrected chi connectivity index (χ2v) is 3.10. The van der Waals surface area contributed by atoms with Crippen LogP contribution in [0.1, 0.15) is 17.4 Å². The summed E-state index contributed by atoms with van der Waals surface area (Å²) < 4.78 is 1.56. The van der Waals surface area contributed by atoms with Crippen molar-refractivity contribution in [1.29, 1.82) is 0 Å². The number of aromatic nitrogens is 2. The Morgan fingerprint density at radius 3 is 2.67 bits per heavy atom. The molecule has 15 heavy (non-hydrogen) atoms. The van der Waals surface area contributed by atoms with E-state index in [-0.39, 0.29) is 12.5 Å². The highest BCUT2D eigenvalue weighted by Gasteiger charge is 2.18. The van der Waals surface area contributed by atoms with E-state index in [9.17, 15) is 9.59 Å². The Kier molecular flexibility index (Phi) is 3.43. The minimum absolute atomic E-state index is 0.291. The zero-order chi connectivity index (χ0) is 11.4. The van der Waals surface area contributed by atoms with Crippen LogP contribution in [0.2, 0.25) is 0 Å². The van der Waals surface area contributed by atoms with E-state index in [4.69, 9.17) is 5.11 Å². The van der Waals surface area contributed by atoms with Crippen LogP contribution in [0.4, 0.5) is 0 Å². The van der Waals surface area contributed by atoms with Crippen LogP contribution in [-0.2, 0) is 11.8 Å². The smallest absolute Gasteiger partial charge is 0.323 e. The number of carbonyl (C=O) groups is 2. The Hall–Kier alpha value is -1.85. The molecule has 0 aromatic carbocycles. The first-order valence-corrected chi connectivity index (χ1v) is 4.53. The van der Waals surface area contributed by atoms with E-state index in [1.807, 2.05) is 0 Å². The van der Waals surface area contributed by atoms with E-state index < -0.39 is 5.97 Å². The highest BCUT2D eigenvalue weighted by Crippen LogP contribution is 2.02. The number of amides is 1. The van der Waals surface area contributed by atoms with Crippen LogP contribution >= 0.6 is 0 Å². The van der Waals surface area contributed by atoms with Crippen LogP contribution in [0.15, 0.2) is 12.5 Å². The fourth-order valence-electron chi connectivity index (χ4n) is 1.22. The Balaban J connectivity index is 2.82. The first-order valence-electron chi connectivity index (χ1n) is 4.53. The monoisotopic (exact) mass is 211 g/mol. The lowest BCUT2D eigenvalue weighted by Gasteiger charge is -2.18. The van der Waals surface area contributed by atoms with Gasteiger partial charge in [-0.3, -0.25) is 9.59 Å². The first kappa shape index (κ1) is 11.2. The van der Waals surface area contributed by atoms with Crippen LogP contribution in [-0.4, -0.2) is 44.5 Å². The number of rotatable bonds is 4. The Morgan fingerprint density at radius 1 is 1.60 bits per heavy atom. The van der Waals surface area contributed by atoms with Crippen LogP contribution in [0, 0.1) is 0 Å². The molecule has 1 aromatic rings. The third kappa shape index (κ3) is 2.55. The predicted molar refractivity (Wildman–Crippen MR) is 52.4 cm³/mol. The average Bonchev–Trinajstić information content (AvgIpc) is 2.59. The molecule has 6 nitrogen and oxygen atoms in total. The summed E-state index contributed by atoms with van der Waals surface area (Å²) in [5, 5.41) is 8.61. The lowest BCUT2D eigenvalue weighted by atomic mass is 10.3. The SMILES string of the molecule is CCN(CC(=O)O)C(=O)c1cncn1C. The molecule has 0 unspecified atom stereocenters. The van der Waals surface area contributed by atoms with Gasteiger partial charge in [-0.05, 0) is 6.92 Å². The second kappa shape index (κ2) is 4.59. The summed E-state index contributed by atoms with van der Waals surface area (Å²) in [5.41, 5.74) is 0.387. The van der Waals surface area contributed by atoms with Gasteiger partial charge in [0, 0.05) is 13.6 Å². The summed E-state index contributed by atoms with van der Waals surface area (Å²) in [6.07, 6.45) is 2.93. The van der Waals surface area contributed by atoms with Gasteiger partial charge in [0.1, 0.15) is 12.2 Å². The third-order valence-electron chi connectivity index (χ3n) is 2.03. The first-order chi connectivity index (χ1) is 7.06. The molecule has 82 valence electrons. The number of hydrogen-bond donors (Lipinski definition) is 1. The molecule has 1 rings (SSSR count). The van der Waals surface area contributed by atoms with Crippen molar-refractivity contribution >= 4 is 11.9 Å². The van der Waals surface area contributed by atoms with Crippen LogP contribution in [0.3, 0.4) is 0 Å². The van der Waals surface area contributed by atoms with Gasteiger partial charge in [0.15, 0.2) is 0 Å². The highest BCUT2D eigenvalue weighted by molar-refractivity contribution is 5.94. The normalized spacial score (nSPS) is 10.0. The van der Waals surface area contributed by atoms with Gasteiger partial charge >= 0.3 is 5.97 Å². The Morgan fingerprint density at radius 2 is 2.27 bits per heavy atom. The predicted octanol–water partition coefficient (Wildman–Crippen LogP) is -0.0332. The van der Waals surface area contributed by atoms with Crippen molar-refractivity contribution in [2.75, 3.05) is 13.1 Å². The lowest BCUT2D eigenvalue weighted by molar-refractivity contribution is -0.137. The number of nitrogens with zero attached hydrogens (tertiary/aromatic N) is 3. The van der Waals surface area contributed by atoms with Gasteiger partial charge in [0.05, 0.1) is 12.5 Å². The maximum Gasteiger partial charge on any atom is 0.323 e. The van der Waals surface area contributed by atoms with Crippen LogP contribution in [0.25, 0.3) is 0 Å². The minimum Gasteiger partial charge on any atom is -0.480 e. The molecule has 1 heterocycles. The second-order valence-electron chi connectivity index (χ2n) is 3.10. The molecular weight excluding hydrogens is 198 g/mol. The van der Waals surface area contributed by atoms with Gasteiger partial charge in [-0.1, -0.05) is 0 Å². The number of likely N-dealkylation sites (N-methyl/N-ethyl adjacent to an activating group) is 1. The molecule has 1 aromatic heterocycles. The van der Waals surface area contributed by atoms with Crippen molar-refractivity contribution < 1.29 is 14.7 Å². The van der Waals surface area contributed by atoms with Crippen molar-refractivity contribution in [1.82, 2.24) is 14.5 Å². The largest absolute Gasteiger partial charge is 0.480 e. The third-order valence-corrected chi connectivity index (χ3v) is 2.03. The van der Waals surface area contributed by atoms with Crippen molar-refractivity contribution in [3.05, 3.63) is 18.2 Å². The summed E-state index contributed by atoms with van der Waals surface area (Å²) in [6, 6.07) is 0. The number of aliphatic carboxylic acids is 1.